The van der Waals surface area contributed by atoms with E-state index in [0.29, 0.717) is 12.2 Å². The summed E-state index contributed by atoms with van der Waals surface area (Å²) in [6.07, 6.45) is 3.45. The topological polar surface area (TPSA) is 57.8 Å². The van der Waals surface area contributed by atoms with Crippen molar-refractivity contribution in [2.75, 3.05) is 6.54 Å². The summed E-state index contributed by atoms with van der Waals surface area (Å²) in [7, 11) is 0. The number of benzene rings is 1. The van der Waals surface area contributed by atoms with Gasteiger partial charge in [-0.05, 0) is 36.6 Å². The Morgan fingerprint density at radius 3 is 2.43 bits per heavy atom. The third-order valence-corrected chi connectivity index (χ3v) is 4.39. The van der Waals surface area contributed by atoms with Crippen LogP contribution in [0.1, 0.15) is 42.7 Å². The lowest BCUT2D eigenvalue weighted by Crippen LogP contribution is -2.40. The van der Waals surface area contributed by atoms with Crippen molar-refractivity contribution >= 4 is 17.5 Å². The van der Waals surface area contributed by atoms with Crippen LogP contribution in [0.15, 0.2) is 36.5 Å². The molecule has 5 heteroatoms. The van der Waals surface area contributed by atoms with Crippen molar-refractivity contribution in [1.29, 1.82) is 0 Å². The Labute approximate surface area is 129 Å². The predicted octanol–water partition coefficient (Wildman–Crippen LogP) is 3.55. The molecule has 112 valence electrons. The van der Waals surface area contributed by atoms with Crippen LogP contribution in [0.5, 0.6) is 0 Å². The number of halogens is 1. The van der Waals surface area contributed by atoms with E-state index in [1.807, 2.05) is 24.3 Å². The highest BCUT2D eigenvalue weighted by molar-refractivity contribution is 6.30. The van der Waals surface area contributed by atoms with Crippen LogP contribution in [0, 0.1) is 0 Å². The first kappa shape index (κ1) is 15.6. The lowest BCUT2D eigenvalue weighted by atomic mass is 9.76. The molecule has 0 saturated carbocycles. The Kier molecular flexibility index (Phi) is 5.02. The molecule has 0 spiro atoms. The maximum Gasteiger partial charge on any atom is 0.269 e. The molecule has 0 aliphatic rings. The van der Waals surface area contributed by atoms with E-state index in [9.17, 15) is 4.79 Å². The van der Waals surface area contributed by atoms with Gasteiger partial charge in [-0.1, -0.05) is 37.6 Å². The summed E-state index contributed by atoms with van der Waals surface area (Å²) in [6.45, 7) is 4.86. The number of H-pyrrole nitrogens is 1. The molecule has 2 aromatic rings. The smallest absolute Gasteiger partial charge is 0.269 e. The molecule has 1 heterocycles. The minimum Gasteiger partial charge on any atom is -0.350 e. The molecule has 1 aromatic carbocycles. The van der Waals surface area contributed by atoms with Gasteiger partial charge in [-0.3, -0.25) is 9.89 Å². The van der Waals surface area contributed by atoms with Crippen molar-refractivity contribution in [3.05, 3.63) is 52.8 Å². The number of nitrogens with zero attached hydrogens (tertiary/aromatic N) is 1. The highest BCUT2D eigenvalue weighted by Gasteiger charge is 2.29. The summed E-state index contributed by atoms with van der Waals surface area (Å²) in [4.78, 5) is 12.1. The Morgan fingerprint density at radius 1 is 1.24 bits per heavy atom. The molecule has 0 saturated heterocycles. The van der Waals surface area contributed by atoms with E-state index in [1.54, 1.807) is 12.3 Å². The molecule has 1 aromatic heterocycles. The van der Waals surface area contributed by atoms with E-state index in [2.05, 4.69) is 29.4 Å². The van der Waals surface area contributed by atoms with Crippen molar-refractivity contribution < 1.29 is 4.79 Å². The molecule has 2 N–H and O–H groups in total. The Hall–Kier alpha value is -1.81. The van der Waals surface area contributed by atoms with Gasteiger partial charge in [-0.25, -0.2) is 0 Å². The zero-order chi connectivity index (χ0) is 15.3. The van der Waals surface area contributed by atoms with Crippen LogP contribution in [-0.2, 0) is 5.41 Å². The number of carbonyl (C=O) groups is 1. The van der Waals surface area contributed by atoms with E-state index in [4.69, 9.17) is 11.6 Å². The first-order valence-corrected chi connectivity index (χ1v) is 7.52. The highest BCUT2D eigenvalue weighted by Crippen LogP contribution is 2.31. The van der Waals surface area contributed by atoms with E-state index in [0.717, 1.165) is 17.9 Å². The Bertz CT molecular complexity index is 574. The van der Waals surface area contributed by atoms with Crippen LogP contribution in [0.2, 0.25) is 5.02 Å². The van der Waals surface area contributed by atoms with Crippen LogP contribution in [0.3, 0.4) is 0 Å². The lowest BCUT2D eigenvalue weighted by molar-refractivity contribution is 0.0936. The third kappa shape index (κ3) is 3.45. The van der Waals surface area contributed by atoms with Crippen LogP contribution in [-0.4, -0.2) is 22.6 Å². The molecule has 0 fully saturated rings. The second-order valence-electron chi connectivity index (χ2n) is 5.15. The van der Waals surface area contributed by atoms with Crippen LogP contribution < -0.4 is 5.32 Å². The number of hydrogen-bond acceptors (Lipinski definition) is 2. The molecular formula is C16H20ClN3O. The average molecular weight is 306 g/mol. The zero-order valence-corrected chi connectivity index (χ0v) is 13.1. The molecule has 0 bridgehead atoms. The first-order chi connectivity index (χ1) is 10.1. The van der Waals surface area contributed by atoms with Crippen LogP contribution in [0.25, 0.3) is 0 Å². The van der Waals surface area contributed by atoms with Gasteiger partial charge < -0.3 is 5.32 Å². The van der Waals surface area contributed by atoms with E-state index < -0.39 is 0 Å². The summed E-state index contributed by atoms with van der Waals surface area (Å²) in [6, 6.07) is 9.54. The van der Waals surface area contributed by atoms with Crippen LogP contribution in [0.4, 0.5) is 0 Å². The van der Waals surface area contributed by atoms with Gasteiger partial charge in [0.25, 0.3) is 5.91 Å². The number of amides is 1. The Morgan fingerprint density at radius 2 is 1.90 bits per heavy atom. The number of hydrogen-bond donors (Lipinski definition) is 2. The van der Waals surface area contributed by atoms with Crippen molar-refractivity contribution in [3.63, 3.8) is 0 Å². The molecule has 4 nitrogen and oxygen atoms in total. The maximum atomic E-state index is 12.1. The van der Waals surface area contributed by atoms with Crippen molar-refractivity contribution in [1.82, 2.24) is 15.5 Å². The van der Waals surface area contributed by atoms with E-state index >= 15 is 0 Å². The van der Waals surface area contributed by atoms with Crippen molar-refractivity contribution in [2.45, 2.75) is 32.1 Å². The highest BCUT2D eigenvalue weighted by atomic mass is 35.5. The maximum absolute atomic E-state index is 12.1. The molecular weight excluding hydrogens is 286 g/mol. The minimum atomic E-state index is -0.132. The third-order valence-electron chi connectivity index (χ3n) is 4.14. The van der Waals surface area contributed by atoms with Gasteiger partial charge >= 0.3 is 0 Å². The summed E-state index contributed by atoms with van der Waals surface area (Å²) >= 11 is 5.96. The van der Waals surface area contributed by atoms with Gasteiger partial charge in [0.05, 0.1) is 0 Å². The standard InChI is InChI=1S/C16H20ClN3O/c1-3-16(4-2,12-5-7-13(17)8-6-12)11-18-15(21)14-9-10-19-20-14/h5-10H,3-4,11H2,1-2H3,(H,18,21)(H,19,20). The summed E-state index contributed by atoms with van der Waals surface area (Å²) in [5.74, 6) is -0.132. The molecule has 0 aliphatic carbocycles. The monoisotopic (exact) mass is 305 g/mol. The zero-order valence-electron chi connectivity index (χ0n) is 12.3. The average Bonchev–Trinajstić information content (AvgIpc) is 3.04. The van der Waals surface area contributed by atoms with Gasteiger partial charge in [0, 0.05) is 23.2 Å². The van der Waals surface area contributed by atoms with Crippen LogP contribution >= 0.6 is 11.6 Å². The van der Waals surface area contributed by atoms with Crippen molar-refractivity contribution in [2.24, 2.45) is 0 Å². The summed E-state index contributed by atoms with van der Waals surface area (Å²) in [5, 5.41) is 10.2. The largest absolute Gasteiger partial charge is 0.350 e. The predicted molar refractivity (Wildman–Crippen MR) is 84.6 cm³/mol. The quantitative estimate of drug-likeness (QED) is 0.857. The van der Waals surface area contributed by atoms with Crippen molar-refractivity contribution in [3.8, 4) is 0 Å². The SMILES string of the molecule is CCC(CC)(CNC(=O)c1ccn[nH]1)c1ccc(Cl)cc1. The lowest BCUT2D eigenvalue weighted by Gasteiger charge is -2.32. The molecule has 1 amide bonds. The Balaban J connectivity index is 2.14. The summed E-state index contributed by atoms with van der Waals surface area (Å²) < 4.78 is 0. The second-order valence-corrected chi connectivity index (χ2v) is 5.58. The van der Waals surface area contributed by atoms with Gasteiger partial charge in [-0.2, -0.15) is 5.10 Å². The van der Waals surface area contributed by atoms with E-state index in [-0.39, 0.29) is 11.3 Å². The van der Waals surface area contributed by atoms with Gasteiger partial charge in [0.1, 0.15) is 5.69 Å². The molecule has 0 aliphatic heterocycles. The fourth-order valence-corrected chi connectivity index (χ4v) is 2.67. The van der Waals surface area contributed by atoms with Gasteiger partial charge in [-0.15, -0.1) is 0 Å². The molecule has 0 atom stereocenters. The molecule has 2 rings (SSSR count). The fraction of sp³-hybridized carbons (Fsp3) is 0.375. The van der Waals surface area contributed by atoms with Gasteiger partial charge in [0.15, 0.2) is 0 Å². The summed E-state index contributed by atoms with van der Waals surface area (Å²) in [5.41, 5.74) is 1.59. The molecule has 0 unspecified atom stereocenters. The number of nitrogens with one attached hydrogen (secondary N) is 2. The number of aromatic amines is 1. The number of rotatable bonds is 6. The van der Waals surface area contributed by atoms with E-state index in [1.165, 1.54) is 5.56 Å². The number of aromatic nitrogens is 2. The number of carbonyl (C=O) groups excluding carboxylic acids is 1. The normalized spacial score (nSPS) is 11.4. The first-order valence-electron chi connectivity index (χ1n) is 7.15. The van der Waals surface area contributed by atoms with Gasteiger partial charge in [0.2, 0.25) is 0 Å². The second kappa shape index (κ2) is 6.76. The molecule has 0 radical (unpaired) electrons. The minimum absolute atomic E-state index is 0.0831. The molecule has 21 heavy (non-hydrogen) atoms. The fourth-order valence-electron chi connectivity index (χ4n) is 2.54.